The third-order valence-electron chi connectivity index (χ3n) is 4.78. The smallest absolute Gasteiger partial charge is 0.320 e. The predicted molar refractivity (Wildman–Crippen MR) is 83.7 cm³/mol. The van der Waals surface area contributed by atoms with Crippen LogP contribution in [0.4, 0.5) is 5.69 Å². The summed E-state index contributed by atoms with van der Waals surface area (Å²) in [4.78, 5) is 15.8. The van der Waals surface area contributed by atoms with E-state index < -0.39 is 5.97 Å². The van der Waals surface area contributed by atoms with Crippen LogP contribution in [0, 0.1) is 0 Å². The summed E-state index contributed by atoms with van der Waals surface area (Å²) in [5, 5.41) is 9.37. The second kappa shape index (κ2) is 6.06. The van der Waals surface area contributed by atoms with E-state index in [0.29, 0.717) is 0 Å². The van der Waals surface area contributed by atoms with Gasteiger partial charge in [0, 0.05) is 25.8 Å². The van der Waals surface area contributed by atoms with Gasteiger partial charge in [0.25, 0.3) is 0 Å². The first-order valence-electron chi connectivity index (χ1n) is 7.95. The Bertz CT molecular complexity index is 530. The van der Waals surface area contributed by atoms with Crippen molar-refractivity contribution in [2.24, 2.45) is 0 Å². The normalized spacial score (nSPS) is 22.9. The van der Waals surface area contributed by atoms with Gasteiger partial charge >= 0.3 is 5.97 Å². The van der Waals surface area contributed by atoms with Gasteiger partial charge in [-0.15, -0.1) is 0 Å². The van der Waals surface area contributed by atoms with Crippen molar-refractivity contribution >= 4 is 11.7 Å². The molecule has 3 rings (SSSR count). The molecule has 1 fully saturated rings. The zero-order valence-electron chi connectivity index (χ0n) is 12.7. The third-order valence-corrected chi connectivity index (χ3v) is 4.78. The van der Waals surface area contributed by atoms with Crippen LogP contribution in [0.1, 0.15) is 36.8 Å². The van der Waals surface area contributed by atoms with Crippen molar-refractivity contribution in [3.8, 4) is 0 Å². The molecular formula is C17H24N2O2. The maximum absolute atomic E-state index is 11.4. The fraction of sp³-hybridized carbons (Fsp3) is 0.588. The number of fused-ring (bicyclic) bond motifs is 1. The largest absolute Gasteiger partial charge is 0.480 e. The van der Waals surface area contributed by atoms with E-state index in [9.17, 15) is 9.90 Å². The Morgan fingerprint density at radius 1 is 1.29 bits per heavy atom. The van der Waals surface area contributed by atoms with E-state index >= 15 is 0 Å². The average molecular weight is 288 g/mol. The van der Waals surface area contributed by atoms with Gasteiger partial charge in [-0.2, -0.15) is 0 Å². The molecule has 1 aromatic carbocycles. The first-order chi connectivity index (χ1) is 10.1. The Balaban J connectivity index is 1.76. The Morgan fingerprint density at radius 2 is 2.14 bits per heavy atom. The summed E-state index contributed by atoms with van der Waals surface area (Å²) in [7, 11) is 2.14. The van der Waals surface area contributed by atoms with E-state index in [0.717, 1.165) is 45.3 Å². The van der Waals surface area contributed by atoms with Crippen LogP contribution >= 0.6 is 0 Å². The second-order valence-electron chi connectivity index (χ2n) is 6.31. The molecule has 2 aliphatic rings. The number of likely N-dealkylation sites (tertiary alicyclic amines) is 1. The number of carboxylic acids is 1. The highest BCUT2D eigenvalue weighted by Crippen LogP contribution is 2.28. The van der Waals surface area contributed by atoms with E-state index in [-0.39, 0.29) is 6.04 Å². The molecule has 0 aromatic heterocycles. The van der Waals surface area contributed by atoms with Crippen molar-refractivity contribution in [1.29, 1.82) is 0 Å². The highest BCUT2D eigenvalue weighted by atomic mass is 16.4. The molecule has 0 radical (unpaired) electrons. The second-order valence-corrected chi connectivity index (χ2v) is 6.31. The number of benzene rings is 1. The van der Waals surface area contributed by atoms with Gasteiger partial charge in [0.2, 0.25) is 0 Å². The van der Waals surface area contributed by atoms with Gasteiger partial charge in [-0.1, -0.05) is 18.6 Å². The van der Waals surface area contributed by atoms with Crippen molar-refractivity contribution in [3.05, 3.63) is 29.3 Å². The molecule has 2 aliphatic heterocycles. The molecule has 0 saturated carbocycles. The lowest BCUT2D eigenvalue weighted by molar-refractivity contribution is -0.144. The molecule has 4 nitrogen and oxygen atoms in total. The molecule has 1 N–H and O–H groups in total. The van der Waals surface area contributed by atoms with Crippen LogP contribution in [-0.2, 0) is 17.8 Å². The monoisotopic (exact) mass is 288 g/mol. The molecule has 1 atom stereocenters. The van der Waals surface area contributed by atoms with Crippen LogP contribution in [0.15, 0.2) is 18.2 Å². The minimum Gasteiger partial charge on any atom is -0.480 e. The standard InChI is InChI=1S/C17H24N2O2/c1-18-9-4-5-14-11-13(7-8-15(14)18)12-19-10-3-2-6-16(19)17(20)21/h7-8,11,16H,2-6,9-10,12H2,1H3,(H,20,21). The molecule has 2 heterocycles. The van der Waals surface area contributed by atoms with Gasteiger partial charge in [-0.3, -0.25) is 9.69 Å². The minimum atomic E-state index is -0.674. The van der Waals surface area contributed by atoms with Gasteiger partial charge in [-0.25, -0.2) is 0 Å². The number of hydrogen-bond acceptors (Lipinski definition) is 3. The number of carbonyl (C=O) groups is 1. The maximum atomic E-state index is 11.4. The number of anilines is 1. The average Bonchev–Trinajstić information content (AvgIpc) is 2.48. The highest BCUT2D eigenvalue weighted by molar-refractivity contribution is 5.73. The number of aliphatic carboxylic acids is 1. The number of carboxylic acid groups (broad SMARTS) is 1. The fourth-order valence-corrected chi connectivity index (χ4v) is 3.63. The topological polar surface area (TPSA) is 43.8 Å². The summed E-state index contributed by atoms with van der Waals surface area (Å²) in [5.74, 6) is -0.674. The number of aryl methyl sites for hydroxylation is 1. The minimum absolute atomic E-state index is 0.308. The zero-order chi connectivity index (χ0) is 14.8. The van der Waals surface area contributed by atoms with Crippen molar-refractivity contribution in [2.45, 2.75) is 44.7 Å². The van der Waals surface area contributed by atoms with Gasteiger partial charge in [0.1, 0.15) is 6.04 Å². The predicted octanol–water partition coefficient (Wildman–Crippen LogP) is 2.51. The molecular weight excluding hydrogens is 264 g/mol. The summed E-state index contributed by atoms with van der Waals surface area (Å²) in [5.41, 5.74) is 3.99. The molecule has 0 bridgehead atoms. The molecule has 21 heavy (non-hydrogen) atoms. The Kier molecular flexibility index (Phi) is 4.15. The van der Waals surface area contributed by atoms with E-state index in [2.05, 4.69) is 35.0 Å². The Labute approximate surface area is 126 Å². The van der Waals surface area contributed by atoms with E-state index in [1.54, 1.807) is 0 Å². The molecule has 0 spiro atoms. The lowest BCUT2D eigenvalue weighted by atomic mass is 9.97. The first kappa shape index (κ1) is 14.4. The van der Waals surface area contributed by atoms with Crippen molar-refractivity contribution in [3.63, 3.8) is 0 Å². The van der Waals surface area contributed by atoms with Crippen LogP contribution in [0.5, 0.6) is 0 Å². The molecule has 114 valence electrons. The Morgan fingerprint density at radius 3 is 2.95 bits per heavy atom. The summed E-state index contributed by atoms with van der Waals surface area (Å²) in [6.07, 6.45) is 5.26. The van der Waals surface area contributed by atoms with Crippen LogP contribution < -0.4 is 4.90 Å². The van der Waals surface area contributed by atoms with E-state index in [1.807, 2.05) is 0 Å². The molecule has 1 saturated heterocycles. The van der Waals surface area contributed by atoms with Crippen LogP contribution in [0.3, 0.4) is 0 Å². The summed E-state index contributed by atoms with van der Waals surface area (Å²) >= 11 is 0. The number of rotatable bonds is 3. The molecule has 1 aromatic rings. The maximum Gasteiger partial charge on any atom is 0.320 e. The van der Waals surface area contributed by atoms with Gasteiger partial charge in [0.15, 0.2) is 0 Å². The summed E-state index contributed by atoms with van der Waals surface area (Å²) in [6.45, 7) is 2.78. The molecule has 0 aliphatic carbocycles. The summed E-state index contributed by atoms with van der Waals surface area (Å²) < 4.78 is 0. The van der Waals surface area contributed by atoms with Crippen LogP contribution in [0.2, 0.25) is 0 Å². The Hall–Kier alpha value is -1.55. The van der Waals surface area contributed by atoms with E-state index in [4.69, 9.17) is 0 Å². The summed E-state index contributed by atoms with van der Waals surface area (Å²) in [6, 6.07) is 6.33. The molecule has 1 unspecified atom stereocenters. The molecule has 4 heteroatoms. The lowest BCUT2D eigenvalue weighted by Crippen LogP contribution is -2.44. The number of hydrogen-bond donors (Lipinski definition) is 1. The lowest BCUT2D eigenvalue weighted by Gasteiger charge is -2.33. The van der Waals surface area contributed by atoms with Gasteiger partial charge < -0.3 is 10.0 Å². The van der Waals surface area contributed by atoms with Crippen molar-refractivity contribution in [2.75, 3.05) is 25.0 Å². The fourth-order valence-electron chi connectivity index (χ4n) is 3.63. The van der Waals surface area contributed by atoms with Crippen LogP contribution in [-0.4, -0.2) is 42.2 Å². The number of nitrogens with zero attached hydrogens (tertiary/aromatic N) is 2. The van der Waals surface area contributed by atoms with Gasteiger partial charge in [-0.05, 0) is 49.4 Å². The zero-order valence-corrected chi connectivity index (χ0v) is 12.7. The van der Waals surface area contributed by atoms with Crippen molar-refractivity contribution < 1.29 is 9.90 Å². The van der Waals surface area contributed by atoms with Crippen molar-refractivity contribution in [1.82, 2.24) is 4.90 Å². The SMILES string of the molecule is CN1CCCc2cc(CN3CCCCC3C(=O)O)ccc21. The quantitative estimate of drug-likeness (QED) is 0.928. The number of piperidine rings is 1. The van der Waals surface area contributed by atoms with Gasteiger partial charge in [0.05, 0.1) is 0 Å². The van der Waals surface area contributed by atoms with Crippen LogP contribution in [0.25, 0.3) is 0 Å². The molecule has 0 amide bonds. The third kappa shape index (κ3) is 3.05. The highest BCUT2D eigenvalue weighted by Gasteiger charge is 2.28. The first-order valence-corrected chi connectivity index (χ1v) is 7.95. The van der Waals surface area contributed by atoms with E-state index in [1.165, 1.54) is 23.2 Å².